The van der Waals surface area contributed by atoms with Gasteiger partial charge >= 0.3 is 0 Å². The van der Waals surface area contributed by atoms with E-state index in [0.717, 1.165) is 10.7 Å². The fourth-order valence-electron chi connectivity index (χ4n) is 3.23. The molecule has 1 aliphatic rings. The summed E-state index contributed by atoms with van der Waals surface area (Å²) in [5, 5.41) is 0.463. The van der Waals surface area contributed by atoms with Crippen LogP contribution in [0.3, 0.4) is 0 Å². The number of thiophene rings is 1. The Morgan fingerprint density at radius 3 is 2.44 bits per heavy atom. The van der Waals surface area contributed by atoms with E-state index in [-0.39, 0.29) is 17.4 Å². The highest BCUT2D eigenvalue weighted by Gasteiger charge is 2.49. The quantitative estimate of drug-likeness (QED) is 0.673. The van der Waals surface area contributed by atoms with Crippen molar-refractivity contribution in [2.45, 2.75) is 31.2 Å². The fourth-order valence-corrected chi connectivity index (χ4v) is 5.45. The van der Waals surface area contributed by atoms with Crippen molar-refractivity contribution in [1.82, 2.24) is 4.90 Å². The second-order valence-corrected chi connectivity index (χ2v) is 9.52. The summed E-state index contributed by atoms with van der Waals surface area (Å²) in [6.07, 6.45) is 0. The first-order chi connectivity index (χ1) is 12.4. The third-order valence-corrected chi connectivity index (χ3v) is 6.97. The van der Waals surface area contributed by atoms with Gasteiger partial charge in [-0.2, -0.15) is 0 Å². The van der Waals surface area contributed by atoms with Crippen LogP contribution in [0.15, 0.2) is 39.1 Å². The number of hydrogen-bond acceptors (Lipinski definition) is 4. The number of guanidine groups is 1. The number of nitrogens with zero attached hydrogens (tertiary/aromatic N) is 2. The van der Waals surface area contributed by atoms with Crippen LogP contribution < -0.4 is 5.73 Å². The topological polar surface area (TPSA) is 58.7 Å². The van der Waals surface area contributed by atoms with Gasteiger partial charge in [-0.3, -0.25) is 9.69 Å². The largest absolute Gasteiger partial charge is 0.369 e. The normalized spacial score (nSPS) is 23.5. The average Bonchev–Trinajstić information content (AvgIpc) is 2.92. The van der Waals surface area contributed by atoms with Gasteiger partial charge in [-0.05, 0) is 34.5 Å². The molecule has 0 spiro atoms. The van der Waals surface area contributed by atoms with Crippen molar-refractivity contribution in [1.29, 1.82) is 0 Å². The highest BCUT2D eigenvalue weighted by molar-refractivity contribution is 9.11. The molecule has 144 valence electrons. The molecule has 4 nitrogen and oxygen atoms in total. The van der Waals surface area contributed by atoms with Gasteiger partial charge in [0.2, 0.25) is 5.91 Å². The molecule has 1 aromatic heterocycles. The second kappa shape index (κ2) is 6.83. The SMILES string of the molecule is CN1C(=O)C(c2ccc(C(C)(F)F)cc2)[C@@](C)(c2sc(Br)cc2Cl)N=C1N. The molecule has 2 atom stereocenters. The van der Waals surface area contributed by atoms with Gasteiger partial charge in [0.1, 0.15) is 5.54 Å². The Labute approximate surface area is 173 Å². The lowest BCUT2D eigenvalue weighted by Crippen LogP contribution is -2.52. The van der Waals surface area contributed by atoms with E-state index in [1.807, 2.05) is 0 Å². The van der Waals surface area contributed by atoms with Crippen molar-refractivity contribution in [2.75, 3.05) is 7.05 Å². The van der Waals surface area contributed by atoms with E-state index in [2.05, 4.69) is 20.9 Å². The molecule has 2 heterocycles. The van der Waals surface area contributed by atoms with Crippen LogP contribution in [0.5, 0.6) is 0 Å². The zero-order chi connectivity index (χ0) is 20.1. The Morgan fingerprint density at radius 1 is 1.37 bits per heavy atom. The van der Waals surface area contributed by atoms with Crippen molar-refractivity contribution >= 4 is 50.7 Å². The monoisotopic (exact) mass is 475 g/mol. The predicted molar refractivity (Wildman–Crippen MR) is 108 cm³/mol. The first-order valence-electron chi connectivity index (χ1n) is 8.01. The number of halogens is 4. The summed E-state index contributed by atoms with van der Waals surface area (Å²) in [6.45, 7) is 2.61. The summed E-state index contributed by atoms with van der Waals surface area (Å²) >= 11 is 11.1. The first kappa shape index (κ1) is 20.2. The molecule has 1 unspecified atom stereocenters. The summed E-state index contributed by atoms with van der Waals surface area (Å²) < 4.78 is 27.9. The number of nitrogens with two attached hydrogens (primary N) is 1. The summed E-state index contributed by atoms with van der Waals surface area (Å²) in [7, 11) is 1.54. The standard InChI is InChI=1S/C18H17BrClF2N3OS/c1-17(14-11(20)8-12(19)27-14)13(15(26)25(3)16(23)24-17)9-4-6-10(7-5-9)18(2,21)22/h4-8,13H,1-3H3,(H2,23,24)/t13?,17-/m0/s1. The van der Waals surface area contributed by atoms with E-state index in [4.69, 9.17) is 17.3 Å². The van der Waals surface area contributed by atoms with Crippen LogP contribution >= 0.6 is 38.9 Å². The van der Waals surface area contributed by atoms with Crippen LogP contribution in [0.4, 0.5) is 8.78 Å². The highest BCUT2D eigenvalue weighted by atomic mass is 79.9. The van der Waals surface area contributed by atoms with Gasteiger partial charge in [-0.15, -0.1) is 11.3 Å². The minimum absolute atomic E-state index is 0.0797. The molecular formula is C18H17BrClF2N3OS. The van der Waals surface area contributed by atoms with E-state index in [1.165, 1.54) is 47.5 Å². The number of amides is 1. The Kier molecular flexibility index (Phi) is 5.12. The number of alkyl halides is 2. The molecule has 0 saturated carbocycles. The van der Waals surface area contributed by atoms with Gasteiger partial charge in [0.05, 0.1) is 19.6 Å². The smallest absolute Gasteiger partial charge is 0.270 e. The maximum absolute atomic E-state index is 13.6. The molecule has 0 radical (unpaired) electrons. The lowest BCUT2D eigenvalue weighted by Gasteiger charge is -2.40. The average molecular weight is 477 g/mol. The minimum Gasteiger partial charge on any atom is -0.369 e. The van der Waals surface area contributed by atoms with E-state index in [0.29, 0.717) is 15.5 Å². The Morgan fingerprint density at radius 2 is 1.96 bits per heavy atom. The molecule has 0 aliphatic carbocycles. The van der Waals surface area contributed by atoms with Gasteiger partial charge in [-0.25, -0.2) is 13.8 Å². The molecule has 0 bridgehead atoms. The van der Waals surface area contributed by atoms with Crippen LogP contribution in [0.25, 0.3) is 0 Å². The van der Waals surface area contributed by atoms with Crippen LogP contribution in [-0.2, 0) is 16.3 Å². The van der Waals surface area contributed by atoms with Crippen molar-refractivity contribution in [3.05, 3.63) is 55.1 Å². The number of hydrogen-bond donors (Lipinski definition) is 1. The third-order valence-electron chi connectivity index (χ3n) is 4.70. The van der Waals surface area contributed by atoms with Crippen molar-refractivity contribution in [3.8, 4) is 0 Å². The van der Waals surface area contributed by atoms with Crippen LogP contribution in [0, 0.1) is 0 Å². The molecule has 0 fully saturated rings. The zero-order valence-corrected chi connectivity index (χ0v) is 17.9. The maximum atomic E-state index is 13.6. The number of carbonyl (C=O) groups excluding carboxylic acids is 1. The van der Waals surface area contributed by atoms with Gasteiger partial charge in [-0.1, -0.05) is 35.9 Å². The fraction of sp³-hybridized carbons (Fsp3) is 0.333. The number of likely N-dealkylation sites (N-methyl/N-ethyl adjacent to an activating group) is 1. The minimum atomic E-state index is -2.96. The molecular weight excluding hydrogens is 460 g/mol. The highest BCUT2D eigenvalue weighted by Crippen LogP contribution is 2.50. The number of benzene rings is 1. The van der Waals surface area contributed by atoms with E-state index >= 15 is 0 Å². The summed E-state index contributed by atoms with van der Waals surface area (Å²) in [6, 6.07) is 7.47. The number of carbonyl (C=O) groups is 1. The Hall–Kier alpha value is -1.51. The van der Waals surface area contributed by atoms with E-state index in [1.54, 1.807) is 13.0 Å². The molecule has 1 amide bonds. The van der Waals surface area contributed by atoms with Crippen molar-refractivity contribution < 1.29 is 13.6 Å². The molecule has 0 saturated heterocycles. The zero-order valence-electron chi connectivity index (χ0n) is 14.8. The van der Waals surface area contributed by atoms with Gasteiger partial charge in [0, 0.05) is 19.5 Å². The molecule has 2 N–H and O–H groups in total. The number of aliphatic imine (C=N–C) groups is 1. The van der Waals surface area contributed by atoms with E-state index < -0.39 is 17.4 Å². The second-order valence-electron chi connectivity index (χ2n) is 6.69. The Bertz CT molecular complexity index is 926. The lowest BCUT2D eigenvalue weighted by molar-refractivity contribution is -0.130. The number of rotatable bonds is 3. The first-order valence-corrected chi connectivity index (χ1v) is 10.0. The molecule has 27 heavy (non-hydrogen) atoms. The van der Waals surface area contributed by atoms with Crippen molar-refractivity contribution in [3.63, 3.8) is 0 Å². The molecule has 1 aromatic carbocycles. The van der Waals surface area contributed by atoms with Gasteiger partial charge in [0.25, 0.3) is 5.92 Å². The van der Waals surface area contributed by atoms with Crippen LogP contribution in [0.2, 0.25) is 5.02 Å². The summed E-state index contributed by atoms with van der Waals surface area (Å²) in [5.41, 5.74) is 5.36. The predicted octanol–water partition coefficient (Wildman–Crippen LogP) is 5.06. The van der Waals surface area contributed by atoms with Crippen LogP contribution in [-0.4, -0.2) is 23.8 Å². The molecule has 3 rings (SSSR count). The molecule has 1 aliphatic heterocycles. The summed E-state index contributed by atoms with van der Waals surface area (Å²) in [5.74, 6) is -3.91. The summed E-state index contributed by atoms with van der Waals surface area (Å²) in [4.78, 5) is 19.6. The molecule has 2 aromatic rings. The Balaban J connectivity index is 2.18. The lowest BCUT2D eigenvalue weighted by atomic mass is 9.77. The van der Waals surface area contributed by atoms with Crippen LogP contribution in [0.1, 0.15) is 35.8 Å². The van der Waals surface area contributed by atoms with E-state index in [9.17, 15) is 13.6 Å². The van der Waals surface area contributed by atoms with Crippen molar-refractivity contribution in [2.24, 2.45) is 10.7 Å². The van der Waals surface area contributed by atoms with Gasteiger partial charge in [0.15, 0.2) is 5.96 Å². The van der Waals surface area contributed by atoms with Gasteiger partial charge < -0.3 is 5.73 Å². The maximum Gasteiger partial charge on any atom is 0.270 e. The third kappa shape index (κ3) is 3.50. The molecule has 9 heteroatoms.